The van der Waals surface area contributed by atoms with E-state index in [4.69, 9.17) is 9.31 Å². The highest BCUT2D eigenvalue weighted by Gasteiger charge is 2.24. The Hall–Kier alpha value is -0.0151. The lowest BCUT2D eigenvalue weighted by Crippen LogP contribution is -2.27. The highest BCUT2D eigenvalue weighted by Crippen LogP contribution is 2.20. The van der Waals surface area contributed by atoms with Crippen molar-refractivity contribution in [2.75, 3.05) is 13.2 Å². The molecule has 0 aliphatic heterocycles. The number of hydrogen-bond acceptors (Lipinski definition) is 2. The molecule has 1 unspecified atom stereocenters. The Balaban J connectivity index is 3.65. The van der Waals surface area contributed by atoms with Gasteiger partial charge in [-0.3, -0.25) is 0 Å². The van der Waals surface area contributed by atoms with Crippen LogP contribution in [-0.4, -0.2) is 20.3 Å². The molecule has 0 aromatic carbocycles. The van der Waals surface area contributed by atoms with Crippen LogP contribution in [0.15, 0.2) is 0 Å². The maximum absolute atomic E-state index is 5.58. The quantitative estimate of drug-likeness (QED) is 0.405. The van der Waals surface area contributed by atoms with Crippen molar-refractivity contribution in [1.82, 2.24) is 0 Å². The van der Waals surface area contributed by atoms with Crippen molar-refractivity contribution in [2.45, 2.75) is 65.6 Å². The molecule has 0 amide bonds. The van der Waals surface area contributed by atoms with Crippen molar-refractivity contribution in [3.63, 3.8) is 0 Å². The van der Waals surface area contributed by atoms with Gasteiger partial charge in [-0.05, 0) is 19.7 Å². The number of unbranched alkanes of at least 4 members (excludes halogenated alkanes) is 3. The fourth-order valence-electron chi connectivity index (χ4n) is 1.73. The van der Waals surface area contributed by atoms with Gasteiger partial charge in [0.05, 0.1) is 0 Å². The smallest absolute Gasteiger partial charge is 0.411 e. The van der Waals surface area contributed by atoms with Crippen LogP contribution < -0.4 is 0 Å². The highest BCUT2D eigenvalue weighted by molar-refractivity contribution is 6.46. The number of rotatable bonds is 10. The van der Waals surface area contributed by atoms with Gasteiger partial charge >= 0.3 is 7.12 Å². The van der Waals surface area contributed by atoms with E-state index in [2.05, 4.69) is 13.8 Å². The van der Waals surface area contributed by atoms with Gasteiger partial charge in [-0.15, -0.1) is 0 Å². The van der Waals surface area contributed by atoms with Crippen LogP contribution in [0.25, 0.3) is 0 Å². The van der Waals surface area contributed by atoms with Crippen LogP contribution in [0.1, 0.15) is 59.8 Å². The minimum atomic E-state index is 0.00151. The molecule has 0 saturated carbocycles. The maximum Gasteiger partial charge on any atom is 0.459 e. The summed E-state index contributed by atoms with van der Waals surface area (Å²) in [6, 6.07) is 0. The third kappa shape index (κ3) is 7.86. The van der Waals surface area contributed by atoms with Crippen molar-refractivity contribution in [1.29, 1.82) is 0 Å². The molecule has 0 aliphatic rings. The average molecular weight is 214 g/mol. The average Bonchev–Trinajstić information content (AvgIpc) is 2.24. The summed E-state index contributed by atoms with van der Waals surface area (Å²) in [6.45, 7) is 9.99. The summed E-state index contributed by atoms with van der Waals surface area (Å²) < 4.78 is 11.2. The molecule has 0 fully saturated rings. The van der Waals surface area contributed by atoms with E-state index in [-0.39, 0.29) is 7.12 Å². The lowest BCUT2D eigenvalue weighted by Gasteiger charge is -2.19. The Bertz CT molecular complexity index is 125. The summed E-state index contributed by atoms with van der Waals surface area (Å²) >= 11 is 0. The summed E-state index contributed by atoms with van der Waals surface area (Å²) in [4.78, 5) is 0. The Morgan fingerprint density at radius 2 is 1.53 bits per heavy atom. The van der Waals surface area contributed by atoms with E-state index in [0.717, 1.165) is 13.2 Å². The first-order chi connectivity index (χ1) is 7.26. The second-order valence-electron chi connectivity index (χ2n) is 4.11. The monoisotopic (exact) mass is 214 g/mol. The zero-order valence-corrected chi connectivity index (χ0v) is 10.9. The molecule has 0 rings (SSSR count). The summed E-state index contributed by atoms with van der Waals surface area (Å²) in [5.74, 6) is 0.516. The van der Waals surface area contributed by atoms with E-state index in [0.29, 0.717) is 5.82 Å². The van der Waals surface area contributed by atoms with Crippen molar-refractivity contribution < 1.29 is 9.31 Å². The topological polar surface area (TPSA) is 18.5 Å². The Labute approximate surface area is 95.9 Å². The van der Waals surface area contributed by atoms with Crippen molar-refractivity contribution in [3.05, 3.63) is 0 Å². The van der Waals surface area contributed by atoms with E-state index in [1.165, 1.54) is 32.1 Å². The molecule has 0 bridgehead atoms. The first kappa shape index (κ1) is 15.0. The standard InChI is InChI=1S/C12H27BO2/c1-5-8-9-10-11-12(4)13(14-6-2)15-7-3/h12H,5-11H2,1-4H3. The van der Waals surface area contributed by atoms with Gasteiger partial charge in [-0.2, -0.15) is 0 Å². The molecule has 0 aromatic rings. The summed E-state index contributed by atoms with van der Waals surface area (Å²) in [6.07, 6.45) is 6.50. The minimum Gasteiger partial charge on any atom is -0.411 e. The SMILES string of the molecule is CCCCCCC(C)B(OCC)OCC. The molecule has 0 aromatic heterocycles. The molecule has 0 N–H and O–H groups in total. The maximum atomic E-state index is 5.58. The molecule has 2 nitrogen and oxygen atoms in total. The van der Waals surface area contributed by atoms with Gasteiger partial charge < -0.3 is 9.31 Å². The van der Waals surface area contributed by atoms with E-state index < -0.39 is 0 Å². The van der Waals surface area contributed by atoms with Crippen LogP contribution >= 0.6 is 0 Å². The second kappa shape index (κ2) is 10.5. The van der Waals surface area contributed by atoms with Crippen molar-refractivity contribution >= 4 is 7.12 Å². The number of hydrogen-bond donors (Lipinski definition) is 0. The Kier molecular flexibility index (Phi) is 10.5. The molecular weight excluding hydrogens is 187 g/mol. The zero-order valence-electron chi connectivity index (χ0n) is 10.9. The van der Waals surface area contributed by atoms with Crippen LogP contribution in [0.2, 0.25) is 5.82 Å². The van der Waals surface area contributed by atoms with E-state index in [9.17, 15) is 0 Å². The third-order valence-corrected chi connectivity index (χ3v) is 2.64. The van der Waals surface area contributed by atoms with E-state index in [1.807, 2.05) is 13.8 Å². The summed E-state index contributed by atoms with van der Waals surface area (Å²) in [7, 11) is 0.00151. The van der Waals surface area contributed by atoms with Gasteiger partial charge in [0.25, 0.3) is 0 Å². The first-order valence-corrected chi connectivity index (χ1v) is 6.49. The third-order valence-electron chi connectivity index (χ3n) is 2.64. The molecule has 3 heteroatoms. The Morgan fingerprint density at radius 3 is 2.00 bits per heavy atom. The minimum absolute atomic E-state index is 0.00151. The lowest BCUT2D eigenvalue weighted by molar-refractivity contribution is 0.203. The zero-order chi connectivity index (χ0) is 11.5. The van der Waals surface area contributed by atoms with Crippen LogP contribution in [0.5, 0.6) is 0 Å². The fraction of sp³-hybridized carbons (Fsp3) is 1.00. The fourth-order valence-corrected chi connectivity index (χ4v) is 1.73. The molecule has 0 heterocycles. The second-order valence-corrected chi connectivity index (χ2v) is 4.11. The largest absolute Gasteiger partial charge is 0.459 e. The van der Waals surface area contributed by atoms with Gasteiger partial charge in [-0.1, -0.05) is 46.0 Å². The molecule has 90 valence electrons. The molecule has 0 radical (unpaired) electrons. The van der Waals surface area contributed by atoms with E-state index >= 15 is 0 Å². The van der Waals surface area contributed by atoms with Crippen LogP contribution in [-0.2, 0) is 9.31 Å². The molecule has 0 spiro atoms. The van der Waals surface area contributed by atoms with E-state index in [1.54, 1.807) is 0 Å². The van der Waals surface area contributed by atoms with Crippen LogP contribution in [0.3, 0.4) is 0 Å². The lowest BCUT2D eigenvalue weighted by atomic mass is 9.70. The van der Waals surface area contributed by atoms with Gasteiger partial charge in [0.1, 0.15) is 0 Å². The molecular formula is C12H27BO2. The molecule has 0 aliphatic carbocycles. The first-order valence-electron chi connectivity index (χ1n) is 6.49. The van der Waals surface area contributed by atoms with Gasteiger partial charge in [0, 0.05) is 13.2 Å². The van der Waals surface area contributed by atoms with Crippen LogP contribution in [0.4, 0.5) is 0 Å². The van der Waals surface area contributed by atoms with Crippen molar-refractivity contribution in [3.8, 4) is 0 Å². The summed E-state index contributed by atoms with van der Waals surface area (Å²) in [5.41, 5.74) is 0. The highest BCUT2D eigenvalue weighted by atomic mass is 16.6. The molecule has 1 atom stereocenters. The Morgan fingerprint density at radius 1 is 0.933 bits per heavy atom. The van der Waals surface area contributed by atoms with Gasteiger partial charge in [0.2, 0.25) is 0 Å². The predicted molar refractivity (Wildman–Crippen MR) is 67.2 cm³/mol. The predicted octanol–water partition coefficient (Wildman–Crippen LogP) is 3.91. The molecule has 15 heavy (non-hydrogen) atoms. The summed E-state index contributed by atoms with van der Waals surface area (Å²) in [5, 5.41) is 0. The molecule has 0 saturated heterocycles. The van der Waals surface area contributed by atoms with Gasteiger partial charge in [0.15, 0.2) is 0 Å². The van der Waals surface area contributed by atoms with Gasteiger partial charge in [-0.25, -0.2) is 0 Å². The normalized spacial score (nSPS) is 12.8. The van der Waals surface area contributed by atoms with Crippen LogP contribution in [0, 0.1) is 0 Å². The van der Waals surface area contributed by atoms with Crippen molar-refractivity contribution in [2.24, 2.45) is 0 Å².